The molecule has 2 aliphatic heterocycles. The lowest BCUT2D eigenvalue weighted by Crippen LogP contribution is -2.25. The van der Waals surface area contributed by atoms with Gasteiger partial charge in [0.05, 0.1) is 0 Å². The number of anilines is 2. The van der Waals surface area contributed by atoms with Gasteiger partial charge in [-0.05, 0) is 60.8 Å². The maximum atomic E-state index is 4.33. The predicted octanol–water partition coefficient (Wildman–Crippen LogP) is 8.31. The zero-order valence-corrected chi connectivity index (χ0v) is 24.7. The van der Waals surface area contributed by atoms with E-state index in [0.29, 0.717) is 0 Å². The molecular formula is C30H56N4. The second kappa shape index (κ2) is 21.4. The molecule has 0 amide bonds. The Hall–Kier alpha value is -2.10. The topological polar surface area (TPSA) is 32.3 Å². The van der Waals surface area contributed by atoms with Gasteiger partial charge in [0.25, 0.3) is 0 Å². The molecule has 0 saturated carbocycles. The summed E-state index contributed by atoms with van der Waals surface area (Å²) in [5.41, 5.74) is 2.78. The molecular weight excluding hydrogens is 416 g/mol. The van der Waals surface area contributed by atoms with E-state index < -0.39 is 0 Å². The number of hydrogen-bond donors (Lipinski definition) is 0. The Morgan fingerprint density at radius 3 is 1.18 bits per heavy atom. The predicted molar refractivity (Wildman–Crippen MR) is 155 cm³/mol. The average Bonchev–Trinajstić information content (AvgIpc) is 2.82. The second-order valence-electron chi connectivity index (χ2n) is 9.49. The van der Waals surface area contributed by atoms with Gasteiger partial charge >= 0.3 is 0 Å². The molecule has 0 aliphatic carbocycles. The van der Waals surface area contributed by atoms with Gasteiger partial charge in [-0.25, -0.2) is 9.97 Å². The van der Waals surface area contributed by atoms with E-state index in [-0.39, 0.29) is 0 Å². The van der Waals surface area contributed by atoms with E-state index >= 15 is 0 Å². The molecule has 0 fully saturated rings. The molecule has 2 aromatic heterocycles. The number of pyridine rings is 2. The summed E-state index contributed by atoms with van der Waals surface area (Å²) in [4.78, 5) is 13.1. The Balaban J connectivity index is 0. The zero-order valence-electron chi connectivity index (χ0n) is 24.7. The summed E-state index contributed by atoms with van der Waals surface area (Å²) in [5, 5.41) is 0. The number of rotatable bonds is 0. The van der Waals surface area contributed by atoms with Crippen molar-refractivity contribution in [1.82, 2.24) is 9.97 Å². The second-order valence-corrected chi connectivity index (χ2v) is 9.49. The Morgan fingerprint density at radius 1 is 0.618 bits per heavy atom. The van der Waals surface area contributed by atoms with E-state index in [1.54, 1.807) is 0 Å². The van der Waals surface area contributed by atoms with Crippen LogP contribution in [-0.4, -0.2) is 37.2 Å². The molecule has 34 heavy (non-hydrogen) atoms. The van der Waals surface area contributed by atoms with E-state index in [4.69, 9.17) is 0 Å². The van der Waals surface area contributed by atoms with Gasteiger partial charge in [-0.15, -0.1) is 0 Å². The first-order valence-electron chi connectivity index (χ1n) is 13.5. The molecule has 0 unspecified atom stereocenters. The van der Waals surface area contributed by atoms with Crippen molar-refractivity contribution in [3.05, 3.63) is 47.8 Å². The number of aromatic nitrogens is 2. The van der Waals surface area contributed by atoms with Crippen molar-refractivity contribution in [1.29, 1.82) is 0 Å². The molecule has 4 heteroatoms. The zero-order chi connectivity index (χ0) is 26.5. The van der Waals surface area contributed by atoms with Crippen LogP contribution < -0.4 is 9.80 Å². The Morgan fingerprint density at radius 2 is 0.912 bits per heavy atom. The average molecular weight is 473 g/mol. The lowest BCUT2D eigenvalue weighted by atomic mass is 10.1. The molecule has 2 aromatic rings. The molecule has 0 radical (unpaired) electrons. The van der Waals surface area contributed by atoms with Crippen LogP contribution in [0.25, 0.3) is 0 Å². The van der Waals surface area contributed by atoms with E-state index in [0.717, 1.165) is 24.9 Å². The highest BCUT2D eigenvalue weighted by molar-refractivity contribution is 5.48. The Bertz CT molecular complexity index is 645. The van der Waals surface area contributed by atoms with Gasteiger partial charge in [0, 0.05) is 39.6 Å². The molecule has 2 aliphatic rings. The number of fused-ring (bicyclic) bond motifs is 2. The smallest absolute Gasteiger partial charge is 0.131 e. The maximum absolute atomic E-state index is 4.33. The van der Waals surface area contributed by atoms with Gasteiger partial charge in [-0.2, -0.15) is 0 Å². The molecule has 4 rings (SSSR count). The fourth-order valence-electron chi connectivity index (χ4n) is 3.16. The van der Waals surface area contributed by atoms with Crippen LogP contribution in [0.2, 0.25) is 0 Å². The normalized spacial score (nSPS) is 13.0. The maximum Gasteiger partial charge on any atom is 0.131 e. The van der Waals surface area contributed by atoms with Gasteiger partial charge in [0.1, 0.15) is 11.6 Å². The van der Waals surface area contributed by atoms with Crippen LogP contribution in [-0.2, 0) is 12.8 Å². The quantitative estimate of drug-likeness (QED) is 0.386. The van der Waals surface area contributed by atoms with E-state index in [2.05, 4.69) is 87.5 Å². The molecule has 4 heterocycles. The van der Waals surface area contributed by atoms with Crippen molar-refractivity contribution in [3.63, 3.8) is 0 Å². The minimum absolute atomic E-state index is 0.833. The van der Waals surface area contributed by atoms with E-state index in [1.165, 1.54) is 48.4 Å². The van der Waals surface area contributed by atoms with Crippen molar-refractivity contribution < 1.29 is 0 Å². The minimum atomic E-state index is 0.833. The molecule has 0 aromatic carbocycles. The van der Waals surface area contributed by atoms with Crippen LogP contribution in [0.15, 0.2) is 36.7 Å². The Kier molecular flexibility index (Phi) is 21.5. The molecule has 0 saturated heterocycles. The SMILES string of the molecule is CC.CC.CC(C)C.CC(C)C.CN1CCCc2cccnc21.CN1CCCc2cccnc21. The standard InChI is InChI=1S/2C9H12N2.2C4H10.2C2H6/c2*1-11-7-3-5-8-4-2-6-10-9(8)11;2*1-4(2)3;2*1-2/h2*2,4,6H,3,5,7H2,1H3;2*4H,1-3H3;2*1-2H3. The van der Waals surface area contributed by atoms with Crippen molar-refractivity contribution >= 4 is 11.6 Å². The number of hydrogen-bond acceptors (Lipinski definition) is 4. The summed E-state index contributed by atoms with van der Waals surface area (Å²) in [5.74, 6) is 4.00. The van der Waals surface area contributed by atoms with Crippen LogP contribution in [0.5, 0.6) is 0 Å². The van der Waals surface area contributed by atoms with E-state index in [9.17, 15) is 0 Å². The molecule has 0 atom stereocenters. The highest BCUT2D eigenvalue weighted by Crippen LogP contribution is 2.22. The summed E-state index contributed by atoms with van der Waals surface area (Å²) in [7, 11) is 4.20. The highest BCUT2D eigenvalue weighted by Gasteiger charge is 2.13. The summed E-state index contributed by atoms with van der Waals surface area (Å²) in [6.45, 7) is 23.3. The highest BCUT2D eigenvalue weighted by atomic mass is 15.2. The molecule has 0 bridgehead atoms. The third kappa shape index (κ3) is 15.7. The summed E-state index contributed by atoms with van der Waals surface area (Å²) in [6.07, 6.45) is 8.62. The van der Waals surface area contributed by atoms with Gasteiger partial charge < -0.3 is 9.80 Å². The van der Waals surface area contributed by atoms with Crippen LogP contribution >= 0.6 is 0 Å². The van der Waals surface area contributed by atoms with Crippen molar-refractivity contribution in [2.24, 2.45) is 11.8 Å². The summed E-state index contributed by atoms with van der Waals surface area (Å²) >= 11 is 0. The first kappa shape index (κ1) is 34.1. The van der Waals surface area contributed by atoms with Crippen molar-refractivity contribution in [2.75, 3.05) is 37.0 Å². The molecule has 196 valence electrons. The van der Waals surface area contributed by atoms with Gasteiger partial charge in [-0.1, -0.05) is 81.4 Å². The largest absolute Gasteiger partial charge is 0.359 e. The van der Waals surface area contributed by atoms with Crippen LogP contribution in [0.4, 0.5) is 11.6 Å². The van der Waals surface area contributed by atoms with Crippen molar-refractivity contribution in [2.45, 2.75) is 94.9 Å². The third-order valence-electron chi connectivity index (χ3n) is 4.34. The monoisotopic (exact) mass is 472 g/mol. The van der Waals surface area contributed by atoms with Gasteiger partial charge in [-0.3, -0.25) is 0 Å². The first-order chi connectivity index (χ1) is 16.2. The minimum Gasteiger partial charge on any atom is -0.359 e. The molecule has 0 spiro atoms. The Labute approximate surface area is 213 Å². The lowest BCUT2D eigenvalue weighted by Gasteiger charge is -2.25. The van der Waals surface area contributed by atoms with Crippen molar-refractivity contribution in [3.8, 4) is 0 Å². The van der Waals surface area contributed by atoms with Crippen LogP contribution in [0.3, 0.4) is 0 Å². The fourth-order valence-corrected chi connectivity index (χ4v) is 3.16. The van der Waals surface area contributed by atoms with E-state index in [1.807, 2.05) is 52.2 Å². The summed E-state index contributed by atoms with van der Waals surface area (Å²) in [6, 6.07) is 8.35. The van der Waals surface area contributed by atoms with Gasteiger partial charge in [0.2, 0.25) is 0 Å². The fraction of sp³-hybridized carbons (Fsp3) is 0.667. The van der Waals surface area contributed by atoms with Gasteiger partial charge in [0.15, 0.2) is 0 Å². The summed E-state index contributed by atoms with van der Waals surface area (Å²) < 4.78 is 0. The third-order valence-corrected chi connectivity index (χ3v) is 4.34. The molecule has 4 nitrogen and oxygen atoms in total. The number of aryl methyl sites for hydroxylation is 2. The lowest BCUT2D eigenvalue weighted by molar-refractivity contribution is 0.730. The number of nitrogens with zero attached hydrogens (tertiary/aromatic N) is 4. The van der Waals surface area contributed by atoms with Crippen LogP contribution in [0.1, 0.15) is 93.2 Å². The van der Waals surface area contributed by atoms with Crippen LogP contribution in [0, 0.1) is 11.8 Å². The molecule has 0 N–H and O–H groups in total. The first-order valence-corrected chi connectivity index (χ1v) is 13.5.